The molecule has 0 aromatic heterocycles. The Balaban J connectivity index is 1.62. The molecule has 3 rings (SSSR count). The molecule has 0 saturated heterocycles. The number of nitrogens with one attached hydrogen (secondary N) is 1. The zero-order valence-electron chi connectivity index (χ0n) is 12.8. The van der Waals surface area contributed by atoms with Gasteiger partial charge in [0.25, 0.3) is 0 Å². The minimum absolute atomic E-state index is 0.518. The molecule has 1 fully saturated rings. The summed E-state index contributed by atoms with van der Waals surface area (Å²) >= 11 is 0. The predicted octanol–water partition coefficient (Wildman–Crippen LogP) is 4.85. The van der Waals surface area contributed by atoms with Crippen molar-refractivity contribution < 1.29 is 4.74 Å². The molecule has 1 N–H and O–H groups in total. The molecule has 0 unspecified atom stereocenters. The average Bonchev–Trinajstić information content (AvgIpc) is 3.31. The highest BCUT2D eigenvalue weighted by molar-refractivity contribution is 5.36. The average molecular weight is 281 g/mol. The van der Waals surface area contributed by atoms with Crippen LogP contribution in [0.4, 0.5) is 0 Å². The molecule has 0 aliphatic heterocycles. The Bertz CT molecular complexity index is 585. The highest BCUT2D eigenvalue weighted by Gasteiger charge is 2.19. The fraction of sp³-hybridized carbons (Fsp3) is 0.368. The SMILES string of the molecule is CC(C)c1cccc(Oc2ccc(CNC3CC3)cc2)c1. The smallest absolute Gasteiger partial charge is 0.127 e. The maximum absolute atomic E-state index is 5.94. The van der Waals surface area contributed by atoms with Gasteiger partial charge in [-0.25, -0.2) is 0 Å². The van der Waals surface area contributed by atoms with Gasteiger partial charge in [-0.15, -0.1) is 0 Å². The van der Waals surface area contributed by atoms with Crippen LogP contribution in [0.2, 0.25) is 0 Å². The maximum atomic E-state index is 5.94. The van der Waals surface area contributed by atoms with E-state index in [2.05, 4.69) is 49.5 Å². The number of rotatable bonds is 6. The third kappa shape index (κ3) is 4.08. The molecule has 0 heterocycles. The Hall–Kier alpha value is -1.80. The Morgan fingerprint density at radius 3 is 2.48 bits per heavy atom. The second-order valence-corrected chi connectivity index (χ2v) is 6.13. The van der Waals surface area contributed by atoms with E-state index in [0.29, 0.717) is 5.92 Å². The second-order valence-electron chi connectivity index (χ2n) is 6.13. The first-order valence-electron chi connectivity index (χ1n) is 7.81. The monoisotopic (exact) mass is 281 g/mol. The van der Waals surface area contributed by atoms with Gasteiger partial charge >= 0.3 is 0 Å². The van der Waals surface area contributed by atoms with Crippen LogP contribution in [0.25, 0.3) is 0 Å². The fourth-order valence-corrected chi connectivity index (χ4v) is 2.30. The summed E-state index contributed by atoms with van der Waals surface area (Å²) in [5, 5.41) is 3.52. The summed E-state index contributed by atoms with van der Waals surface area (Å²) in [5.74, 6) is 2.32. The van der Waals surface area contributed by atoms with E-state index in [1.807, 2.05) is 18.2 Å². The molecule has 2 heteroatoms. The lowest BCUT2D eigenvalue weighted by atomic mass is 10.0. The van der Waals surface area contributed by atoms with E-state index in [1.54, 1.807) is 0 Å². The molecule has 110 valence electrons. The molecule has 2 aromatic rings. The molecule has 1 aliphatic carbocycles. The summed E-state index contributed by atoms with van der Waals surface area (Å²) in [5.41, 5.74) is 2.61. The molecule has 0 bridgehead atoms. The highest BCUT2D eigenvalue weighted by Crippen LogP contribution is 2.25. The minimum atomic E-state index is 0.518. The molecule has 21 heavy (non-hydrogen) atoms. The van der Waals surface area contributed by atoms with Crippen molar-refractivity contribution in [2.45, 2.75) is 45.2 Å². The molecule has 0 amide bonds. The topological polar surface area (TPSA) is 21.3 Å². The van der Waals surface area contributed by atoms with Gasteiger partial charge in [0, 0.05) is 12.6 Å². The van der Waals surface area contributed by atoms with Crippen molar-refractivity contribution in [3.63, 3.8) is 0 Å². The third-order valence-corrected chi connectivity index (χ3v) is 3.86. The third-order valence-electron chi connectivity index (χ3n) is 3.86. The van der Waals surface area contributed by atoms with Gasteiger partial charge in [0.15, 0.2) is 0 Å². The van der Waals surface area contributed by atoms with Crippen molar-refractivity contribution in [1.29, 1.82) is 0 Å². The van der Waals surface area contributed by atoms with Crippen LogP contribution in [0.5, 0.6) is 11.5 Å². The largest absolute Gasteiger partial charge is 0.457 e. The van der Waals surface area contributed by atoms with E-state index in [-0.39, 0.29) is 0 Å². The molecule has 2 aromatic carbocycles. The lowest BCUT2D eigenvalue weighted by Crippen LogP contribution is -2.14. The van der Waals surface area contributed by atoms with Crippen LogP contribution in [0.15, 0.2) is 48.5 Å². The van der Waals surface area contributed by atoms with Gasteiger partial charge in [0.1, 0.15) is 11.5 Å². The van der Waals surface area contributed by atoms with Gasteiger partial charge in [-0.05, 0) is 54.2 Å². The summed E-state index contributed by atoms with van der Waals surface area (Å²) in [7, 11) is 0. The van der Waals surface area contributed by atoms with Crippen molar-refractivity contribution in [2.75, 3.05) is 0 Å². The molecule has 1 aliphatic rings. The molecule has 0 atom stereocenters. The minimum Gasteiger partial charge on any atom is -0.457 e. The molecule has 2 nitrogen and oxygen atoms in total. The van der Waals surface area contributed by atoms with Crippen molar-refractivity contribution in [2.24, 2.45) is 0 Å². The number of benzene rings is 2. The molecule has 0 radical (unpaired) electrons. The summed E-state index contributed by atoms with van der Waals surface area (Å²) < 4.78 is 5.94. The van der Waals surface area contributed by atoms with Crippen molar-refractivity contribution in [3.8, 4) is 11.5 Å². The first kappa shape index (κ1) is 14.2. The van der Waals surface area contributed by atoms with Crippen LogP contribution >= 0.6 is 0 Å². The standard InChI is InChI=1S/C19H23NO/c1-14(2)16-4-3-5-19(12-16)21-18-10-6-15(7-11-18)13-20-17-8-9-17/h3-7,10-12,14,17,20H,8-9,13H2,1-2H3. The summed E-state index contributed by atoms with van der Waals surface area (Å²) in [6.45, 7) is 5.34. The van der Waals surface area contributed by atoms with Crippen molar-refractivity contribution in [1.82, 2.24) is 5.32 Å². The summed E-state index contributed by atoms with van der Waals surface area (Å²) in [6, 6.07) is 17.4. The van der Waals surface area contributed by atoms with Gasteiger partial charge in [-0.1, -0.05) is 38.1 Å². The Kier molecular flexibility index (Phi) is 4.26. The summed E-state index contributed by atoms with van der Waals surface area (Å²) in [4.78, 5) is 0. The molecule has 1 saturated carbocycles. The van der Waals surface area contributed by atoms with Gasteiger partial charge in [-0.3, -0.25) is 0 Å². The maximum Gasteiger partial charge on any atom is 0.127 e. The Morgan fingerprint density at radius 2 is 1.81 bits per heavy atom. The lowest BCUT2D eigenvalue weighted by Gasteiger charge is -2.10. The lowest BCUT2D eigenvalue weighted by molar-refractivity contribution is 0.481. The normalized spacial score (nSPS) is 14.4. The quantitative estimate of drug-likeness (QED) is 0.817. The number of hydrogen-bond acceptors (Lipinski definition) is 2. The number of hydrogen-bond donors (Lipinski definition) is 1. The van der Waals surface area contributed by atoms with Crippen LogP contribution in [-0.2, 0) is 6.54 Å². The van der Waals surface area contributed by atoms with E-state index in [0.717, 1.165) is 24.1 Å². The summed E-state index contributed by atoms with van der Waals surface area (Å²) in [6.07, 6.45) is 2.65. The second kappa shape index (κ2) is 6.31. The van der Waals surface area contributed by atoms with Crippen molar-refractivity contribution in [3.05, 3.63) is 59.7 Å². The Morgan fingerprint density at radius 1 is 1.05 bits per heavy atom. The van der Waals surface area contributed by atoms with Crippen molar-refractivity contribution >= 4 is 0 Å². The number of ether oxygens (including phenoxy) is 1. The van der Waals surface area contributed by atoms with E-state index >= 15 is 0 Å². The van der Waals surface area contributed by atoms with E-state index < -0.39 is 0 Å². The highest BCUT2D eigenvalue weighted by atomic mass is 16.5. The van der Waals surface area contributed by atoms with Gasteiger partial charge in [0.05, 0.1) is 0 Å². The zero-order chi connectivity index (χ0) is 14.7. The van der Waals surface area contributed by atoms with Crippen LogP contribution in [0.1, 0.15) is 43.7 Å². The van der Waals surface area contributed by atoms with E-state index in [1.165, 1.54) is 24.0 Å². The van der Waals surface area contributed by atoms with Crippen LogP contribution in [0, 0.1) is 0 Å². The predicted molar refractivity (Wildman–Crippen MR) is 86.9 cm³/mol. The first-order valence-corrected chi connectivity index (χ1v) is 7.81. The van der Waals surface area contributed by atoms with Crippen LogP contribution in [-0.4, -0.2) is 6.04 Å². The van der Waals surface area contributed by atoms with Gasteiger partial charge in [-0.2, -0.15) is 0 Å². The molecule has 0 spiro atoms. The van der Waals surface area contributed by atoms with Crippen LogP contribution in [0.3, 0.4) is 0 Å². The van der Waals surface area contributed by atoms with Gasteiger partial charge < -0.3 is 10.1 Å². The fourth-order valence-electron chi connectivity index (χ4n) is 2.30. The van der Waals surface area contributed by atoms with E-state index in [9.17, 15) is 0 Å². The Labute approximate surface area is 127 Å². The van der Waals surface area contributed by atoms with Crippen LogP contribution < -0.4 is 10.1 Å². The van der Waals surface area contributed by atoms with Gasteiger partial charge in [0.2, 0.25) is 0 Å². The molecular formula is C19H23NO. The molecular weight excluding hydrogens is 258 g/mol. The zero-order valence-corrected chi connectivity index (χ0v) is 12.8. The first-order chi connectivity index (χ1) is 10.2. The van der Waals surface area contributed by atoms with E-state index in [4.69, 9.17) is 4.74 Å².